The van der Waals surface area contributed by atoms with E-state index in [9.17, 15) is 14.3 Å². The largest absolute Gasteiger partial charge is 0.491 e. The van der Waals surface area contributed by atoms with Crippen LogP contribution in [0.4, 0.5) is 4.39 Å². The van der Waals surface area contributed by atoms with Gasteiger partial charge in [-0.1, -0.05) is 24.4 Å². The highest BCUT2D eigenvalue weighted by molar-refractivity contribution is 6.32. The highest BCUT2D eigenvalue weighted by Crippen LogP contribution is 2.29. The van der Waals surface area contributed by atoms with Crippen LogP contribution in [0.1, 0.15) is 32.1 Å². The van der Waals surface area contributed by atoms with Gasteiger partial charge in [0, 0.05) is 0 Å². The lowest BCUT2D eigenvalue weighted by molar-refractivity contribution is -0.124. The van der Waals surface area contributed by atoms with Crippen LogP contribution in [0.3, 0.4) is 0 Å². The van der Waals surface area contributed by atoms with Crippen LogP contribution >= 0.6 is 11.6 Å². The van der Waals surface area contributed by atoms with Gasteiger partial charge in [0.05, 0.1) is 30.2 Å². The second-order valence-corrected chi connectivity index (χ2v) is 5.77. The summed E-state index contributed by atoms with van der Waals surface area (Å²) in [7, 11) is 0. The molecule has 0 radical (unpaired) electrons. The van der Waals surface area contributed by atoms with E-state index in [1.54, 1.807) is 0 Å². The summed E-state index contributed by atoms with van der Waals surface area (Å²) in [4.78, 5) is 11.9. The number of aliphatic hydroxyl groups excluding tert-OH is 1. The first-order valence-electron chi connectivity index (χ1n) is 7.04. The molecule has 1 fully saturated rings. The van der Waals surface area contributed by atoms with E-state index >= 15 is 0 Å². The Morgan fingerprint density at radius 2 is 2.14 bits per heavy atom. The SMILES string of the molecule is O=C(CCOc1ccc(F)cc1Cl)NC1(CO)CCCC1. The predicted molar refractivity (Wildman–Crippen MR) is 77.9 cm³/mol. The third kappa shape index (κ3) is 4.32. The Kier molecular flexibility index (Phi) is 5.42. The van der Waals surface area contributed by atoms with Crippen molar-refractivity contribution in [3.63, 3.8) is 0 Å². The summed E-state index contributed by atoms with van der Waals surface area (Å²) in [6.07, 6.45) is 3.81. The summed E-state index contributed by atoms with van der Waals surface area (Å²) < 4.78 is 18.3. The van der Waals surface area contributed by atoms with E-state index in [1.165, 1.54) is 12.1 Å². The molecule has 0 atom stereocenters. The van der Waals surface area contributed by atoms with Crippen molar-refractivity contribution >= 4 is 17.5 Å². The summed E-state index contributed by atoms with van der Waals surface area (Å²) in [5, 5.41) is 12.5. The van der Waals surface area contributed by atoms with E-state index in [4.69, 9.17) is 16.3 Å². The zero-order valence-electron chi connectivity index (χ0n) is 11.7. The van der Waals surface area contributed by atoms with Crippen LogP contribution in [0.2, 0.25) is 5.02 Å². The second-order valence-electron chi connectivity index (χ2n) is 5.37. The smallest absolute Gasteiger partial charge is 0.223 e. The lowest BCUT2D eigenvalue weighted by atomic mass is 9.99. The van der Waals surface area contributed by atoms with Crippen molar-refractivity contribution in [3.8, 4) is 5.75 Å². The van der Waals surface area contributed by atoms with E-state index in [1.807, 2.05) is 0 Å². The molecule has 1 aliphatic rings. The van der Waals surface area contributed by atoms with E-state index < -0.39 is 11.4 Å². The number of halogens is 2. The van der Waals surface area contributed by atoms with Gasteiger partial charge in [-0.05, 0) is 31.0 Å². The van der Waals surface area contributed by atoms with Crippen LogP contribution in [0.15, 0.2) is 18.2 Å². The van der Waals surface area contributed by atoms with Gasteiger partial charge in [0.15, 0.2) is 0 Å². The lowest BCUT2D eigenvalue weighted by Gasteiger charge is -2.27. The third-order valence-electron chi connectivity index (χ3n) is 3.75. The highest BCUT2D eigenvalue weighted by atomic mass is 35.5. The molecule has 2 rings (SSSR count). The van der Waals surface area contributed by atoms with E-state index in [0.29, 0.717) is 5.75 Å². The summed E-state index contributed by atoms with van der Waals surface area (Å²) >= 11 is 5.83. The topological polar surface area (TPSA) is 58.6 Å². The molecular formula is C15H19ClFNO3. The molecule has 4 nitrogen and oxygen atoms in total. The predicted octanol–water partition coefficient (Wildman–Crippen LogP) is 2.67. The Hall–Kier alpha value is -1.33. The average molecular weight is 316 g/mol. The van der Waals surface area contributed by atoms with Crippen LogP contribution in [0, 0.1) is 5.82 Å². The van der Waals surface area contributed by atoms with Crippen molar-refractivity contribution < 1.29 is 19.0 Å². The van der Waals surface area contributed by atoms with Crippen molar-refractivity contribution in [2.24, 2.45) is 0 Å². The van der Waals surface area contributed by atoms with Gasteiger partial charge in [-0.15, -0.1) is 0 Å². The Morgan fingerprint density at radius 1 is 1.43 bits per heavy atom. The summed E-state index contributed by atoms with van der Waals surface area (Å²) in [6.45, 7) is 0.113. The van der Waals surface area contributed by atoms with Gasteiger partial charge in [-0.2, -0.15) is 0 Å². The van der Waals surface area contributed by atoms with Crippen LogP contribution in [-0.4, -0.2) is 29.8 Å². The number of ether oxygens (including phenoxy) is 1. The molecule has 2 N–H and O–H groups in total. The van der Waals surface area contributed by atoms with Gasteiger partial charge < -0.3 is 15.2 Å². The second kappa shape index (κ2) is 7.09. The molecule has 1 aromatic carbocycles. The van der Waals surface area contributed by atoms with Crippen LogP contribution in [0.25, 0.3) is 0 Å². The number of carbonyl (C=O) groups is 1. The van der Waals surface area contributed by atoms with Crippen LogP contribution in [-0.2, 0) is 4.79 Å². The fourth-order valence-corrected chi connectivity index (χ4v) is 2.80. The third-order valence-corrected chi connectivity index (χ3v) is 4.04. The number of hydrogen-bond acceptors (Lipinski definition) is 3. The van der Waals surface area contributed by atoms with Crippen LogP contribution in [0.5, 0.6) is 5.75 Å². The summed E-state index contributed by atoms with van der Waals surface area (Å²) in [5.74, 6) is -0.246. The molecular weight excluding hydrogens is 297 g/mol. The molecule has 1 amide bonds. The van der Waals surface area contributed by atoms with Crippen molar-refractivity contribution in [3.05, 3.63) is 29.0 Å². The molecule has 0 heterocycles. The van der Waals surface area contributed by atoms with Crippen molar-refractivity contribution in [2.75, 3.05) is 13.2 Å². The number of hydrogen-bond donors (Lipinski definition) is 2. The quantitative estimate of drug-likeness (QED) is 0.848. The van der Waals surface area contributed by atoms with Gasteiger partial charge in [-0.25, -0.2) is 4.39 Å². The number of amides is 1. The fraction of sp³-hybridized carbons (Fsp3) is 0.533. The molecule has 0 aliphatic heterocycles. The molecule has 21 heavy (non-hydrogen) atoms. The fourth-order valence-electron chi connectivity index (χ4n) is 2.58. The molecule has 116 valence electrons. The Morgan fingerprint density at radius 3 is 2.76 bits per heavy atom. The minimum absolute atomic E-state index is 0.0383. The molecule has 1 saturated carbocycles. The first kappa shape index (κ1) is 16.0. The van der Waals surface area contributed by atoms with Crippen molar-refractivity contribution in [2.45, 2.75) is 37.6 Å². The number of nitrogens with one attached hydrogen (secondary N) is 1. The molecule has 6 heteroatoms. The molecule has 1 aromatic rings. The number of benzene rings is 1. The number of aliphatic hydroxyl groups is 1. The number of carbonyl (C=O) groups excluding carboxylic acids is 1. The van der Waals surface area contributed by atoms with E-state index in [-0.39, 0.29) is 30.6 Å². The minimum Gasteiger partial charge on any atom is -0.491 e. The van der Waals surface area contributed by atoms with Gasteiger partial charge >= 0.3 is 0 Å². The Labute approximate surface area is 128 Å². The highest BCUT2D eigenvalue weighted by Gasteiger charge is 2.34. The summed E-state index contributed by atoms with van der Waals surface area (Å²) in [6, 6.07) is 3.85. The van der Waals surface area contributed by atoms with Gasteiger partial charge in [0.1, 0.15) is 11.6 Å². The lowest BCUT2D eigenvalue weighted by Crippen LogP contribution is -2.49. The molecule has 1 aliphatic carbocycles. The summed E-state index contributed by atoms with van der Waals surface area (Å²) in [5.41, 5.74) is -0.468. The normalized spacial score (nSPS) is 16.7. The van der Waals surface area contributed by atoms with Gasteiger partial charge in [-0.3, -0.25) is 4.79 Å². The first-order valence-corrected chi connectivity index (χ1v) is 7.42. The van der Waals surface area contributed by atoms with E-state index in [2.05, 4.69) is 5.32 Å². The standard InChI is InChI=1S/C15H19ClFNO3/c16-12-9-11(17)3-4-13(12)21-8-5-14(20)18-15(10-19)6-1-2-7-15/h3-4,9,19H,1-2,5-8,10H2,(H,18,20). The van der Waals surface area contributed by atoms with Crippen molar-refractivity contribution in [1.29, 1.82) is 0 Å². The zero-order valence-corrected chi connectivity index (χ0v) is 12.5. The molecule has 0 bridgehead atoms. The number of rotatable bonds is 6. The first-order chi connectivity index (χ1) is 10.0. The Balaban J connectivity index is 1.79. The van der Waals surface area contributed by atoms with Crippen LogP contribution < -0.4 is 10.1 Å². The maximum absolute atomic E-state index is 12.9. The molecule has 0 aromatic heterocycles. The van der Waals surface area contributed by atoms with E-state index in [0.717, 1.165) is 31.7 Å². The molecule has 0 saturated heterocycles. The van der Waals surface area contributed by atoms with Gasteiger partial charge in [0.2, 0.25) is 5.91 Å². The maximum atomic E-state index is 12.9. The Bertz CT molecular complexity index is 504. The zero-order chi connectivity index (χ0) is 15.3. The molecule has 0 unspecified atom stereocenters. The molecule has 0 spiro atoms. The minimum atomic E-state index is -0.468. The van der Waals surface area contributed by atoms with Gasteiger partial charge in [0.25, 0.3) is 0 Å². The average Bonchev–Trinajstić information content (AvgIpc) is 2.90. The maximum Gasteiger partial charge on any atom is 0.223 e. The van der Waals surface area contributed by atoms with Crippen molar-refractivity contribution in [1.82, 2.24) is 5.32 Å². The monoisotopic (exact) mass is 315 g/mol.